The van der Waals surface area contributed by atoms with Gasteiger partial charge in [-0.05, 0) is 27.2 Å². The Balaban J connectivity index is 2.90. The van der Waals surface area contributed by atoms with Crippen LogP contribution in [0.4, 0.5) is 5.13 Å². The molecule has 0 aliphatic heterocycles. The highest BCUT2D eigenvalue weighted by Crippen LogP contribution is 2.26. The van der Waals surface area contributed by atoms with Gasteiger partial charge in [0.25, 0.3) is 0 Å². The number of aromatic nitrogens is 1. The molecule has 0 bridgehead atoms. The summed E-state index contributed by atoms with van der Waals surface area (Å²) in [5.41, 5.74) is 0.460. The van der Waals surface area contributed by atoms with Crippen molar-refractivity contribution in [2.24, 2.45) is 0 Å². The molecule has 1 aromatic heterocycles. The Morgan fingerprint density at radius 2 is 2.12 bits per heavy atom. The van der Waals surface area contributed by atoms with Crippen LogP contribution in [-0.2, 0) is 4.74 Å². The predicted octanol–water partition coefficient (Wildman–Crippen LogP) is 2.86. The van der Waals surface area contributed by atoms with Crippen LogP contribution < -0.4 is 4.90 Å². The third-order valence-corrected chi connectivity index (χ3v) is 3.43. The van der Waals surface area contributed by atoms with E-state index in [2.05, 4.69) is 23.7 Å². The van der Waals surface area contributed by atoms with Crippen LogP contribution in [0, 0.1) is 6.92 Å². The van der Waals surface area contributed by atoms with Crippen LogP contribution in [0.2, 0.25) is 0 Å². The molecule has 0 N–H and O–H groups in total. The third kappa shape index (κ3) is 3.43. The van der Waals surface area contributed by atoms with E-state index < -0.39 is 0 Å². The van der Waals surface area contributed by atoms with E-state index in [9.17, 15) is 4.79 Å². The van der Waals surface area contributed by atoms with E-state index in [1.807, 2.05) is 6.92 Å². The Hall–Kier alpha value is -1.10. The largest absolute Gasteiger partial charge is 0.461 e. The molecule has 1 rings (SSSR count). The van der Waals surface area contributed by atoms with Gasteiger partial charge in [-0.15, -0.1) is 11.3 Å². The van der Waals surface area contributed by atoms with E-state index in [1.54, 1.807) is 18.3 Å². The smallest absolute Gasteiger partial charge is 0.358 e. The lowest BCUT2D eigenvalue weighted by Crippen LogP contribution is -2.23. The Morgan fingerprint density at radius 1 is 1.41 bits per heavy atom. The van der Waals surface area contributed by atoms with E-state index in [4.69, 9.17) is 4.74 Å². The maximum Gasteiger partial charge on any atom is 0.358 e. The highest BCUT2D eigenvalue weighted by Gasteiger charge is 2.18. The van der Waals surface area contributed by atoms with Gasteiger partial charge >= 0.3 is 5.97 Å². The number of ether oxygens (including phenoxy) is 1. The van der Waals surface area contributed by atoms with Gasteiger partial charge in [0, 0.05) is 18.0 Å². The summed E-state index contributed by atoms with van der Waals surface area (Å²) in [7, 11) is 0. The van der Waals surface area contributed by atoms with Crippen LogP contribution >= 0.6 is 11.3 Å². The second kappa shape index (κ2) is 6.59. The van der Waals surface area contributed by atoms with E-state index in [1.165, 1.54) is 0 Å². The molecule has 0 aromatic carbocycles. The Kier molecular flexibility index (Phi) is 5.41. The number of hydrogen-bond donors (Lipinski definition) is 0. The van der Waals surface area contributed by atoms with Gasteiger partial charge in [0.15, 0.2) is 10.8 Å². The molecular formula is C12H20N2O2S. The molecule has 1 aromatic rings. The molecule has 1 heterocycles. The van der Waals surface area contributed by atoms with Crippen molar-refractivity contribution in [2.45, 2.75) is 34.1 Å². The van der Waals surface area contributed by atoms with Crippen LogP contribution in [0.3, 0.4) is 0 Å². The lowest BCUT2D eigenvalue weighted by Gasteiger charge is -2.18. The van der Waals surface area contributed by atoms with Crippen LogP contribution in [0.5, 0.6) is 0 Å². The van der Waals surface area contributed by atoms with E-state index in [-0.39, 0.29) is 5.97 Å². The van der Waals surface area contributed by atoms with Crippen LogP contribution in [0.25, 0.3) is 0 Å². The van der Waals surface area contributed by atoms with Crippen molar-refractivity contribution in [3.05, 3.63) is 10.6 Å². The summed E-state index contributed by atoms with van der Waals surface area (Å²) >= 11 is 1.56. The lowest BCUT2D eigenvalue weighted by atomic mass is 10.4. The Labute approximate surface area is 107 Å². The predicted molar refractivity (Wildman–Crippen MR) is 71.0 cm³/mol. The monoisotopic (exact) mass is 256 g/mol. The van der Waals surface area contributed by atoms with E-state index in [0.29, 0.717) is 12.3 Å². The lowest BCUT2D eigenvalue weighted by molar-refractivity contribution is 0.0519. The minimum Gasteiger partial charge on any atom is -0.461 e. The number of carbonyl (C=O) groups is 1. The first-order valence-electron chi connectivity index (χ1n) is 6.03. The van der Waals surface area contributed by atoms with Gasteiger partial charge in [-0.3, -0.25) is 0 Å². The molecule has 96 valence electrons. The zero-order chi connectivity index (χ0) is 12.8. The number of carbonyl (C=O) groups excluding carboxylic acids is 1. The van der Waals surface area contributed by atoms with Crippen molar-refractivity contribution in [1.82, 2.24) is 4.98 Å². The summed E-state index contributed by atoms with van der Waals surface area (Å²) in [4.78, 5) is 19.1. The highest BCUT2D eigenvalue weighted by atomic mass is 32.1. The summed E-state index contributed by atoms with van der Waals surface area (Å²) in [5.74, 6) is -0.319. The first kappa shape index (κ1) is 14.0. The topological polar surface area (TPSA) is 42.4 Å². The fourth-order valence-electron chi connectivity index (χ4n) is 1.57. The molecule has 0 saturated carbocycles. The molecule has 0 atom stereocenters. The van der Waals surface area contributed by atoms with Gasteiger partial charge in [0.1, 0.15) is 0 Å². The highest BCUT2D eigenvalue weighted by molar-refractivity contribution is 7.15. The quantitative estimate of drug-likeness (QED) is 0.734. The second-order valence-corrected chi connectivity index (χ2v) is 4.88. The number of aryl methyl sites for hydroxylation is 1. The number of hydrogen-bond acceptors (Lipinski definition) is 5. The molecule has 5 heteroatoms. The molecule has 0 radical (unpaired) electrons. The summed E-state index contributed by atoms with van der Waals surface area (Å²) in [6.45, 7) is 10.2. The third-order valence-electron chi connectivity index (χ3n) is 2.40. The first-order valence-corrected chi connectivity index (χ1v) is 6.85. The van der Waals surface area contributed by atoms with Gasteiger partial charge in [-0.2, -0.15) is 0 Å². The number of thiazole rings is 1. The standard InChI is InChI=1S/C12H20N2O2S/c1-5-8-14(6-2)12-13-10(9(4)17-12)11(15)16-7-3/h5-8H2,1-4H3. The average Bonchev–Trinajstić information content (AvgIpc) is 2.68. The van der Waals surface area contributed by atoms with Crippen molar-refractivity contribution in [3.8, 4) is 0 Å². The molecule has 0 amide bonds. The maximum absolute atomic E-state index is 11.7. The molecule has 0 aliphatic rings. The van der Waals surface area contributed by atoms with Crippen molar-refractivity contribution in [2.75, 3.05) is 24.6 Å². The van der Waals surface area contributed by atoms with Gasteiger partial charge in [0.2, 0.25) is 0 Å². The maximum atomic E-state index is 11.7. The molecule has 0 spiro atoms. The second-order valence-electron chi connectivity index (χ2n) is 3.70. The van der Waals surface area contributed by atoms with Gasteiger partial charge in [-0.25, -0.2) is 9.78 Å². The number of rotatable bonds is 6. The van der Waals surface area contributed by atoms with Crippen LogP contribution in [0.1, 0.15) is 42.6 Å². The summed E-state index contributed by atoms with van der Waals surface area (Å²) in [5, 5.41) is 0.912. The Morgan fingerprint density at radius 3 is 2.65 bits per heavy atom. The van der Waals surface area contributed by atoms with Crippen LogP contribution in [-0.4, -0.2) is 30.6 Å². The fraction of sp³-hybridized carbons (Fsp3) is 0.667. The Bertz CT molecular complexity index is 377. The molecule has 0 saturated heterocycles. The minimum atomic E-state index is -0.319. The summed E-state index contributed by atoms with van der Waals surface area (Å²) in [6.07, 6.45) is 1.07. The normalized spacial score (nSPS) is 10.4. The van der Waals surface area contributed by atoms with Crippen molar-refractivity contribution < 1.29 is 9.53 Å². The SMILES string of the molecule is CCCN(CC)c1nc(C(=O)OCC)c(C)s1. The molecule has 17 heavy (non-hydrogen) atoms. The van der Waals surface area contributed by atoms with Gasteiger partial charge in [-0.1, -0.05) is 6.92 Å². The van der Waals surface area contributed by atoms with Gasteiger partial charge in [0.05, 0.1) is 6.61 Å². The number of esters is 1. The van der Waals surface area contributed by atoms with E-state index >= 15 is 0 Å². The molecule has 0 aliphatic carbocycles. The van der Waals surface area contributed by atoms with Crippen LogP contribution in [0.15, 0.2) is 0 Å². The molecule has 0 fully saturated rings. The molecular weight excluding hydrogens is 236 g/mol. The first-order chi connectivity index (χ1) is 8.13. The fourth-order valence-corrected chi connectivity index (χ4v) is 2.55. The zero-order valence-electron chi connectivity index (χ0n) is 10.9. The van der Waals surface area contributed by atoms with E-state index in [0.717, 1.165) is 29.5 Å². The number of nitrogens with zero attached hydrogens (tertiary/aromatic N) is 2. The minimum absolute atomic E-state index is 0.319. The van der Waals surface area contributed by atoms with Gasteiger partial charge < -0.3 is 9.64 Å². The molecule has 4 nitrogen and oxygen atoms in total. The van der Waals surface area contributed by atoms with Crippen molar-refractivity contribution >= 4 is 22.4 Å². The molecule has 0 unspecified atom stereocenters. The number of anilines is 1. The average molecular weight is 256 g/mol. The zero-order valence-corrected chi connectivity index (χ0v) is 11.8. The summed E-state index contributed by atoms with van der Waals surface area (Å²) < 4.78 is 4.98. The van der Waals surface area contributed by atoms with Crippen molar-refractivity contribution in [1.29, 1.82) is 0 Å². The summed E-state index contributed by atoms with van der Waals surface area (Å²) in [6, 6.07) is 0. The van der Waals surface area contributed by atoms with Crippen molar-refractivity contribution in [3.63, 3.8) is 0 Å².